The second-order valence-electron chi connectivity index (χ2n) is 4.16. The summed E-state index contributed by atoms with van der Waals surface area (Å²) < 4.78 is 26.2. The highest BCUT2D eigenvalue weighted by Crippen LogP contribution is 2.11. The van der Waals surface area contributed by atoms with Crippen molar-refractivity contribution in [2.45, 2.75) is 31.6 Å². The molecule has 17 heavy (non-hydrogen) atoms. The van der Waals surface area contributed by atoms with Crippen molar-refractivity contribution >= 4 is 21.6 Å². The van der Waals surface area contributed by atoms with E-state index in [1.54, 1.807) is 6.92 Å². The summed E-state index contributed by atoms with van der Waals surface area (Å²) in [6.07, 6.45) is 3.01. The molecule has 98 valence electrons. The summed E-state index contributed by atoms with van der Waals surface area (Å²) in [6, 6.07) is 0. The first-order chi connectivity index (χ1) is 7.97. The Bertz CT molecular complexity index is 444. The highest BCUT2D eigenvalue weighted by molar-refractivity contribution is 7.89. The summed E-state index contributed by atoms with van der Waals surface area (Å²) in [5, 5.41) is 6.30. The van der Waals surface area contributed by atoms with Gasteiger partial charge in [-0.3, -0.25) is 5.10 Å². The zero-order valence-electron chi connectivity index (χ0n) is 10.0. The molecule has 1 unspecified atom stereocenters. The summed E-state index contributed by atoms with van der Waals surface area (Å²) in [7, 11) is -3.43. The number of aryl methyl sites for hydroxylation is 1. The molecule has 0 fully saturated rings. The molecule has 0 spiro atoms. The topological polar surface area (TPSA) is 74.8 Å². The number of sulfonamides is 1. The molecule has 0 saturated carbocycles. The van der Waals surface area contributed by atoms with Crippen molar-refractivity contribution in [3.8, 4) is 0 Å². The van der Waals surface area contributed by atoms with Gasteiger partial charge in [0, 0.05) is 12.4 Å². The molecular weight excluding hydrogens is 262 g/mol. The smallest absolute Gasteiger partial charge is 0.243 e. The molecule has 1 aromatic heterocycles. The molecule has 1 atom stereocenters. The SMILES string of the molecule is Cc1[nH]ncc1S(=O)(=O)NCCCC(C)CCl. The van der Waals surface area contributed by atoms with Crippen molar-refractivity contribution in [1.82, 2.24) is 14.9 Å². The van der Waals surface area contributed by atoms with Crippen molar-refractivity contribution in [1.29, 1.82) is 0 Å². The molecule has 1 aromatic rings. The number of rotatable bonds is 7. The van der Waals surface area contributed by atoms with Gasteiger partial charge >= 0.3 is 0 Å². The Morgan fingerprint density at radius 3 is 2.82 bits per heavy atom. The third-order valence-corrected chi connectivity index (χ3v) is 4.60. The first-order valence-corrected chi connectivity index (χ1v) is 7.54. The molecular formula is C10H18ClN3O2S. The van der Waals surface area contributed by atoms with Crippen LogP contribution in [-0.2, 0) is 10.0 Å². The van der Waals surface area contributed by atoms with E-state index in [1.165, 1.54) is 6.20 Å². The summed E-state index contributed by atoms with van der Waals surface area (Å²) in [5.41, 5.74) is 0.548. The molecule has 1 heterocycles. The van der Waals surface area contributed by atoms with Gasteiger partial charge in [0.15, 0.2) is 0 Å². The molecule has 1 rings (SSSR count). The van der Waals surface area contributed by atoms with Crippen LogP contribution in [0.1, 0.15) is 25.5 Å². The lowest BCUT2D eigenvalue weighted by molar-refractivity contribution is 0.543. The first kappa shape index (κ1) is 14.5. The highest BCUT2D eigenvalue weighted by Gasteiger charge is 2.17. The van der Waals surface area contributed by atoms with Crippen molar-refractivity contribution < 1.29 is 8.42 Å². The third-order valence-electron chi connectivity index (χ3n) is 2.50. The normalized spacial score (nSPS) is 13.8. The van der Waals surface area contributed by atoms with Gasteiger partial charge in [0.2, 0.25) is 10.0 Å². The number of aromatic amines is 1. The van der Waals surface area contributed by atoms with Crippen molar-refractivity contribution in [2.24, 2.45) is 5.92 Å². The summed E-state index contributed by atoms with van der Waals surface area (Å²) in [5.74, 6) is 1.02. The average Bonchev–Trinajstić information content (AvgIpc) is 2.71. The lowest BCUT2D eigenvalue weighted by Crippen LogP contribution is -2.25. The molecule has 5 nitrogen and oxygen atoms in total. The molecule has 2 N–H and O–H groups in total. The third kappa shape index (κ3) is 4.29. The molecule has 0 aromatic carbocycles. The van der Waals surface area contributed by atoms with Crippen LogP contribution >= 0.6 is 11.6 Å². The molecule has 0 aliphatic carbocycles. The van der Waals surface area contributed by atoms with Crippen LogP contribution in [0.25, 0.3) is 0 Å². The van der Waals surface area contributed by atoms with Crippen molar-refractivity contribution in [3.63, 3.8) is 0 Å². The predicted octanol–water partition coefficient (Wildman–Crippen LogP) is 1.65. The van der Waals surface area contributed by atoms with E-state index >= 15 is 0 Å². The molecule has 0 saturated heterocycles. The maximum absolute atomic E-state index is 11.8. The van der Waals surface area contributed by atoms with E-state index in [0.717, 1.165) is 12.8 Å². The molecule has 0 bridgehead atoms. The van der Waals surface area contributed by atoms with Crippen LogP contribution in [0.5, 0.6) is 0 Å². The molecule has 0 aliphatic heterocycles. The zero-order chi connectivity index (χ0) is 12.9. The maximum Gasteiger partial charge on any atom is 0.243 e. The van der Waals surface area contributed by atoms with Crippen LogP contribution in [0.15, 0.2) is 11.1 Å². The monoisotopic (exact) mass is 279 g/mol. The maximum atomic E-state index is 11.8. The van der Waals surface area contributed by atoms with E-state index in [-0.39, 0.29) is 4.90 Å². The summed E-state index contributed by atoms with van der Waals surface area (Å²) in [4.78, 5) is 0.211. The number of hydrogen-bond acceptors (Lipinski definition) is 3. The predicted molar refractivity (Wildman–Crippen MR) is 67.6 cm³/mol. The summed E-state index contributed by atoms with van der Waals surface area (Å²) >= 11 is 5.67. The number of hydrogen-bond donors (Lipinski definition) is 2. The standard InChI is InChI=1S/C10H18ClN3O2S/c1-8(6-11)4-3-5-13-17(15,16)10-7-12-14-9(10)2/h7-8,13H,3-6H2,1-2H3,(H,12,14). The van der Waals surface area contributed by atoms with Gasteiger partial charge in [0.1, 0.15) is 4.90 Å². The van der Waals surface area contributed by atoms with Crippen LogP contribution in [0, 0.1) is 12.8 Å². The van der Waals surface area contributed by atoms with Gasteiger partial charge in [-0.15, -0.1) is 11.6 Å². The van der Waals surface area contributed by atoms with E-state index in [0.29, 0.717) is 24.0 Å². The number of nitrogens with zero attached hydrogens (tertiary/aromatic N) is 1. The van der Waals surface area contributed by atoms with Crippen LogP contribution < -0.4 is 4.72 Å². The number of alkyl halides is 1. The Kier molecular flexibility index (Phi) is 5.42. The fourth-order valence-electron chi connectivity index (χ4n) is 1.42. The Labute approximate surface area is 107 Å². The molecule has 7 heteroatoms. The van der Waals surface area contributed by atoms with Crippen LogP contribution in [-0.4, -0.2) is 31.0 Å². The second kappa shape index (κ2) is 6.37. The molecule has 0 aliphatic rings. The van der Waals surface area contributed by atoms with Gasteiger partial charge in [-0.1, -0.05) is 6.92 Å². The summed E-state index contributed by atoms with van der Waals surface area (Å²) in [6.45, 7) is 4.15. The van der Waals surface area contributed by atoms with E-state index in [4.69, 9.17) is 11.6 Å². The number of aromatic nitrogens is 2. The second-order valence-corrected chi connectivity index (χ2v) is 6.20. The average molecular weight is 280 g/mol. The largest absolute Gasteiger partial charge is 0.281 e. The van der Waals surface area contributed by atoms with Gasteiger partial charge in [-0.05, 0) is 25.7 Å². The highest BCUT2D eigenvalue weighted by atomic mass is 35.5. The van der Waals surface area contributed by atoms with Crippen LogP contribution in [0.3, 0.4) is 0 Å². The van der Waals surface area contributed by atoms with Crippen LogP contribution in [0.4, 0.5) is 0 Å². The number of nitrogens with one attached hydrogen (secondary N) is 2. The Morgan fingerprint density at radius 2 is 2.29 bits per heavy atom. The molecule has 0 amide bonds. The fourth-order valence-corrected chi connectivity index (χ4v) is 2.79. The molecule has 0 radical (unpaired) electrons. The zero-order valence-corrected chi connectivity index (χ0v) is 11.6. The minimum Gasteiger partial charge on any atom is -0.281 e. The minimum atomic E-state index is -3.43. The Balaban J connectivity index is 2.44. The number of H-pyrrole nitrogens is 1. The van der Waals surface area contributed by atoms with Crippen LogP contribution in [0.2, 0.25) is 0 Å². The van der Waals surface area contributed by atoms with Gasteiger partial charge < -0.3 is 0 Å². The number of halogens is 1. The minimum absolute atomic E-state index is 0.211. The lowest BCUT2D eigenvalue weighted by Gasteiger charge is -2.08. The van der Waals surface area contributed by atoms with Gasteiger partial charge in [-0.2, -0.15) is 5.10 Å². The quantitative estimate of drug-likeness (QED) is 0.589. The first-order valence-electron chi connectivity index (χ1n) is 5.53. The van der Waals surface area contributed by atoms with E-state index in [9.17, 15) is 8.42 Å². The van der Waals surface area contributed by atoms with Gasteiger partial charge in [0.05, 0.1) is 11.9 Å². The fraction of sp³-hybridized carbons (Fsp3) is 0.700. The van der Waals surface area contributed by atoms with Crippen molar-refractivity contribution in [2.75, 3.05) is 12.4 Å². The Morgan fingerprint density at radius 1 is 1.59 bits per heavy atom. The lowest BCUT2D eigenvalue weighted by atomic mass is 10.1. The van der Waals surface area contributed by atoms with Gasteiger partial charge in [0.25, 0.3) is 0 Å². The Hall–Kier alpha value is -0.590. The van der Waals surface area contributed by atoms with Crippen molar-refractivity contribution in [3.05, 3.63) is 11.9 Å². The van der Waals surface area contributed by atoms with E-state index in [2.05, 4.69) is 14.9 Å². The van der Waals surface area contributed by atoms with E-state index in [1.807, 2.05) is 6.92 Å². The van der Waals surface area contributed by atoms with E-state index < -0.39 is 10.0 Å². The van der Waals surface area contributed by atoms with Gasteiger partial charge in [-0.25, -0.2) is 13.1 Å².